The first-order valence-electron chi connectivity index (χ1n) is 5.84. The number of fused-ring (bicyclic) bond motifs is 1. The highest BCUT2D eigenvalue weighted by Crippen LogP contribution is 2.24. The number of piperidine rings is 1. The third-order valence-corrected chi connectivity index (χ3v) is 3.28. The Bertz CT molecular complexity index is 489. The fourth-order valence-electron chi connectivity index (χ4n) is 2.35. The Morgan fingerprint density at radius 3 is 3.19 bits per heavy atom. The van der Waals surface area contributed by atoms with Crippen molar-refractivity contribution in [1.29, 1.82) is 0 Å². The van der Waals surface area contributed by atoms with E-state index < -0.39 is 0 Å². The second-order valence-corrected chi connectivity index (χ2v) is 4.38. The summed E-state index contributed by atoms with van der Waals surface area (Å²) >= 11 is 0. The van der Waals surface area contributed by atoms with Crippen LogP contribution in [0.5, 0.6) is 0 Å². The van der Waals surface area contributed by atoms with Crippen molar-refractivity contribution in [2.45, 2.75) is 18.8 Å². The first kappa shape index (κ1) is 9.73. The Morgan fingerprint density at radius 2 is 2.31 bits per heavy atom. The maximum atomic E-state index is 4.47. The number of pyridine rings is 2. The summed E-state index contributed by atoms with van der Waals surface area (Å²) in [5, 5.41) is 4.63. The number of aromatic nitrogens is 2. The molecule has 1 fully saturated rings. The molecule has 1 unspecified atom stereocenters. The molecule has 0 bridgehead atoms. The van der Waals surface area contributed by atoms with E-state index in [4.69, 9.17) is 0 Å². The van der Waals surface area contributed by atoms with Crippen molar-refractivity contribution in [3.8, 4) is 0 Å². The fourth-order valence-corrected chi connectivity index (χ4v) is 2.35. The van der Waals surface area contributed by atoms with Gasteiger partial charge in [-0.25, -0.2) is 0 Å². The van der Waals surface area contributed by atoms with Gasteiger partial charge >= 0.3 is 0 Å². The SMILES string of the molecule is c1cc2cc(C3CCCNC3)cnc2cn1. The summed E-state index contributed by atoms with van der Waals surface area (Å²) in [6.07, 6.45) is 8.18. The van der Waals surface area contributed by atoms with Crippen LogP contribution in [0, 0.1) is 0 Å². The molecule has 0 amide bonds. The molecule has 0 radical (unpaired) electrons. The smallest absolute Gasteiger partial charge is 0.0885 e. The van der Waals surface area contributed by atoms with Crippen LogP contribution in [0.2, 0.25) is 0 Å². The van der Waals surface area contributed by atoms with Gasteiger partial charge in [0.05, 0.1) is 11.7 Å². The zero-order valence-corrected chi connectivity index (χ0v) is 9.19. The van der Waals surface area contributed by atoms with Crippen molar-refractivity contribution in [2.75, 3.05) is 13.1 Å². The topological polar surface area (TPSA) is 37.8 Å². The van der Waals surface area contributed by atoms with Gasteiger partial charge in [0.1, 0.15) is 0 Å². The number of nitrogens with one attached hydrogen (secondary N) is 1. The van der Waals surface area contributed by atoms with E-state index in [-0.39, 0.29) is 0 Å². The molecule has 1 atom stereocenters. The first-order chi connectivity index (χ1) is 7.93. The summed E-state index contributed by atoms with van der Waals surface area (Å²) < 4.78 is 0. The van der Waals surface area contributed by atoms with Gasteiger partial charge in [0, 0.05) is 24.3 Å². The van der Waals surface area contributed by atoms with Gasteiger partial charge in [0.15, 0.2) is 0 Å². The largest absolute Gasteiger partial charge is 0.316 e. The lowest BCUT2D eigenvalue weighted by atomic mass is 9.92. The molecule has 3 nitrogen and oxygen atoms in total. The second-order valence-electron chi connectivity index (χ2n) is 4.38. The molecule has 1 saturated heterocycles. The van der Waals surface area contributed by atoms with Crippen LogP contribution in [-0.2, 0) is 0 Å². The summed E-state index contributed by atoms with van der Waals surface area (Å²) in [6, 6.07) is 4.28. The minimum absolute atomic E-state index is 0.624. The fraction of sp³-hybridized carbons (Fsp3) is 0.385. The van der Waals surface area contributed by atoms with Gasteiger partial charge < -0.3 is 5.32 Å². The molecule has 82 valence electrons. The van der Waals surface area contributed by atoms with Crippen LogP contribution in [0.25, 0.3) is 10.9 Å². The highest BCUT2D eigenvalue weighted by atomic mass is 14.9. The van der Waals surface area contributed by atoms with E-state index in [2.05, 4.69) is 21.4 Å². The second kappa shape index (κ2) is 4.18. The van der Waals surface area contributed by atoms with Crippen molar-refractivity contribution >= 4 is 10.9 Å². The minimum atomic E-state index is 0.624. The molecule has 0 aliphatic carbocycles. The van der Waals surface area contributed by atoms with E-state index >= 15 is 0 Å². The molecule has 3 heteroatoms. The first-order valence-corrected chi connectivity index (χ1v) is 5.84. The van der Waals surface area contributed by atoms with Crippen LogP contribution in [-0.4, -0.2) is 23.1 Å². The van der Waals surface area contributed by atoms with Gasteiger partial charge in [0.25, 0.3) is 0 Å². The van der Waals surface area contributed by atoms with Crippen LogP contribution in [0.15, 0.2) is 30.7 Å². The van der Waals surface area contributed by atoms with E-state index in [0.29, 0.717) is 5.92 Å². The van der Waals surface area contributed by atoms with E-state index in [1.807, 2.05) is 24.7 Å². The van der Waals surface area contributed by atoms with Crippen LogP contribution in [0.3, 0.4) is 0 Å². The lowest BCUT2D eigenvalue weighted by molar-refractivity contribution is 0.461. The highest BCUT2D eigenvalue weighted by molar-refractivity contribution is 5.77. The third-order valence-electron chi connectivity index (χ3n) is 3.28. The van der Waals surface area contributed by atoms with Crippen LogP contribution >= 0.6 is 0 Å². The molecule has 1 aliphatic heterocycles. The summed E-state index contributed by atoms with van der Waals surface area (Å²) in [6.45, 7) is 2.24. The summed E-state index contributed by atoms with van der Waals surface area (Å²) in [4.78, 5) is 8.55. The maximum absolute atomic E-state index is 4.47. The molecule has 1 N–H and O–H groups in total. The minimum Gasteiger partial charge on any atom is -0.316 e. The lowest BCUT2D eigenvalue weighted by Crippen LogP contribution is -2.28. The van der Waals surface area contributed by atoms with Crippen molar-refractivity contribution < 1.29 is 0 Å². The van der Waals surface area contributed by atoms with Gasteiger partial charge in [-0.2, -0.15) is 0 Å². The Morgan fingerprint density at radius 1 is 1.31 bits per heavy atom. The van der Waals surface area contributed by atoms with Crippen molar-refractivity contribution in [2.24, 2.45) is 0 Å². The quantitative estimate of drug-likeness (QED) is 0.788. The normalized spacial score (nSPS) is 21.1. The number of hydrogen-bond donors (Lipinski definition) is 1. The highest BCUT2D eigenvalue weighted by Gasteiger charge is 2.15. The van der Waals surface area contributed by atoms with Gasteiger partial charge in [-0.1, -0.05) is 0 Å². The lowest BCUT2D eigenvalue weighted by Gasteiger charge is -2.22. The summed E-state index contributed by atoms with van der Waals surface area (Å²) in [7, 11) is 0. The van der Waals surface area contributed by atoms with Crippen molar-refractivity contribution in [3.05, 3.63) is 36.3 Å². The predicted octanol–water partition coefficient (Wildman–Crippen LogP) is 2.10. The Kier molecular flexibility index (Phi) is 2.54. The zero-order chi connectivity index (χ0) is 10.8. The number of rotatable bonds is 1. The molecular weight excluding hydrogens is 198 g/mol. The van der Waals surface area contributed by atoms with E-state index in [0.717, 1.165) is 18.6 Å². The standard InChI is InChI=1S/C13H15N3/c1-2-11(7-14-4-1)12-6-10-3-5-15-9-13(10)16-8-12/h3,5-6,8-9,11,14H,1-2,4,7H2. The molecule has 2 aromatic heterocycles. The van der Waals surface area contributed by atoms with E-state index in [1.54, 1.807) is 0 Å². The zero-order valence-electron chi connectivity index (χ0n) is 9.19. The Labute approximate surface area is 94.9 Å². The molecule has 1 aliphatic rings. The molecule has 3 heterocycles. The average Bonchev–Trinajstić information content (AvgIpc) is 2.39. The summed E-state index contributed by atoms with van der Waals surface area (Å²) in [5.74, 6) is 0.624. The average molecular weight is 213 g/mol. The monoisotopic (exact) mass is 213 g/mol. The van der Waals surface area contributed by atoms with Crippen molar-refractivity contribution in [1.82, 2.24) is 15.3 Å². The van der Waals surface area contributed by atoms with Crippen LogP contribution < -0.4 is 5.32 Å². The van der Waals surface area contributed by atoms with Gasteiger partial charge in [0.2, 0.25) is 0 Å². The molecule has 2 aromatic rings. The van der Waals surface area contributed by atoms with E-state index in [1.165, 1.54) is 23.8 Å². The number of hydrogen-bond acceptors (Lipinski definition) is 3. The van der Waals surface area contributed by atoms with E-state index in [9.17, 15) is 0 Å². The third kappa shape index (κ3) is 1.78. The van der Waals surface area contributed by atoms with Gasteiger partial charge in [-0.05, 0) is 43.0 Å². The molecule has 0 aromatic carbocycles. The van der Waals surface area contributed by atoms with Gasteiger partial charge in [-0.3, -0.25) is 9.97 Å². The Balaban J connectivity index is 1.97. The van der Waals surface area contributed by atoms with Crippen LogP contribution in [0.4, 0.5) is 0 Å². The van der Waals surface area contributed by atoms with Crippen LogP contribution in [0.1, 0.15) is 24.3 Å². The molecule has 0 spiro atoms. The molecule has 3 rings (SSSR count). The number of nitrogens with zero attached hydrogens (tertiary/aromatic N) is 2. The molecule has 16 heavy (non-hydrogen) atoms. The molecule has 0 saturated carbocycles. The Hall–Kier alpha value is -1.48. The molecular formula is C13H15N3. The predicted molar refractivity (Wildman–Crippen MR) is 64.4 cm³/mol. The van der Waals surface area contributed by atoms with Gasteiger partial charge in [-0.15, -0.1) is 0 Å². The van der Waals surface area contributed by atoms with Crippen molar-refractivity contribution in [3.63, 3.8) is 0 Å². The maximum Gasteiger partial charge on any atom is 0.0885 e. The summed E-state index contributed by atoms with van der Waals surface area (Å²) in [5.41, 5.74) is 2.33.